The Labute approximate surface area is 135 Å². The summed E-state index contributed by atoms with van der Waals surface area (Å²) < 4.78 is 7.28. The van der Waals surface area contributed by atoms with E-state index in [2.05, 4.69) is 38.9 Å². The zero-order valence-electron chi connectivity index (χ0n) is 13.6. The number of aromatic nitrogens is 4. The summed E-state index contributed by atoms with van der Waals surface area (Å²) in [6, 6.07) is 3.49. The van der Waals surface area contributed by atoms with Gasteiger partial charge >= 0.3 is 0 Å². The highest BCUT2D eigenvalue weighted by Crippen LogP contribution is 2.21. The van der Waals surface area contributed by atoms with Crippen molar-refractivity contribution in [2.45, 2.75) is 45.2 Å². The fraction of sp³-hybridized carbons (Fsp3) is 0.500. The van der Waals surface area contributed by atoms with Crippen LogP contribution in [-0.4, -0.2) is 38.8 Å². The average Bonchev–Trinajstić information content (AvgIpc) is 2.98. The smallest absolute Gasteiger partial charge is 0.257 e. The number of carbonyl (C=O) groups is 1. The second-order valence-electron chi connectivity index (χ2n) is 6.01. The lowest BCUT2D eigenvalue weighted by atomic mass is 10.1. The lowest BCUT2D eigenvalue weighted by Crippen LogP contribution is -2.41. The number of hydrogen-bond donors (Lipinski definition) is 1. The molecule has 0 radical (unpaired) electrons. The minimum atomic E-state index is -0.164. The third-order valence-corrected chi connectivity index (χ3v) is 4.04. The molecule has 1 aliphatic heterocycles. The molecule has 23 heavy (non-hydrogen) atoms. The highest BCUT2D eigenvalue weighted by atomic mass is 16.5. The first-order valence-electron chi connectivity index (χ1n) is 7.82. The van der Waals surface area contributed by atoms with Crippen LogP contribution in [0.25, 0.3) is 0 Å². The van der Waals surface area contributed by atoms with Gasteiger partial charge in [0, 0.05) is 31.1 Å². The van der Waals surface area contributed by atoms with E-state index in [0.717, 1.165) is 24.5 Å². The van der Waals surface area contributed by atoms with Crippen LogP contribution in [0.1, 0.15) is 48.2 Å². The van der Waals surface area contributed by atoms with Crippen molar-refractivity contribution in [3.63, 3.8) is 0 Å². The van der Waals surface area contributed by atoms with E-state index in [1.54, 1.807) is 18.3 Å². The number of hydrogen-bond acceptors (Lipinski definition) is 5. The van der Waals surface area contributed by atoms with E-state index in [0.29, 0.717) is 23.9 Å². The molecule has 0 fully saturated rings. The molecule has 7 nitrogen and oxygen atoms in total. The van der Waals surface area contributed by atoms with Crippen LogP contribution < -0.4 is 10.1 Å². The highest BCUT2D eigenvalue weighted by Gasteiger charge is 2.26. The monoisotopic (exact) mass is 315 g/mol. The first-order chi connectivity index (χ1) is 11.1. The predicted octanol–water partition coefficient (Wildman–Crippen LogP) is 1.55. The Morgan fingerprint density at radius 2 is 2.26 bits per heavy atom. The standard InChI is InChI=1S/C16H21N5O2/c1-10(2)14-20-19-13-7-6-11(9-21(13)14)18-15(22)12-5-4-8-17-16(12)23-3/h4-5,8,10-11H,6-7,9H2,1-3H3,(H,18,22)/t11-/m1/s1. The number of pyridine rings is 1. The maximum absolute atomic E-state index is 12.5. The highest BCUT2D eigenvalue weighted by molar-refractivity contribution is 5.96. The van der Waals surface area contributed by atoms with E-state index >= 15 is 0 Å². The minimum Gasteiger partial charge on any atom is -0.480 e. The van der Waals surface area contributed by atoms with Gasteiger partial charge in [-0.05, 0) is 18.6 Å². The van der Waals surface area contributed by atoms with Gasteiger partial charge in [0.15, 0.2) is 0 Å². The largest absolute Gasteiger partial charge is 0.480 e. The molecule has 0 saturated heterocycles. The normalized spacial score (nSPS) is 17.0. The summed E-state index contributed by atoms with van der Waals surface area (Å²) >= 11 is 0. The molecule has 0 unspecified atom stereocenters. The van der Waals surface area contributed by atoms with E-state index in [4.69, 9.17) is 4.74 Å². The number of ether oxygens (including phenoxy) is 1. The van der Waals surface area contributed by atoms with E-state index in [1.165, 1.54) is 7.11 Å². The van der Waals surface area contributed by atoms with Gasteiger partial charge in [-0.2, -0.15) is 0 Å². The second kappa shape index (κ2) is 6.36. The molecule has 1 atom stereocenters. The van der Waals surface area contributed by atoms with E-state index in [1.807, 2.05) is 0 Å². The maximum Gasteiger partial charge on any atom is 0.257 e. The fourth-order valence-corrected chi connectivity index (χ4v) is 2.88. The van der Waals surface area contributed by atoms with Crippen LogP contribution in [-0.2, 0) is 13.0 Å². The molecule has 122 valence electrons. The van der Waals surface area contributed by atoms with E-state index < -0.39 is 0 Å². The number of nitrogens with one attached hydrogen (secondary N) is 1. The number of aryl methyl sites for hydroxylation is 1. The van der Waals surface area contributed by atoms with Gasteiger partial charge in [-0.25, -0.2) is 4.98 Å². The molecule has 7 heteroatoms. The van der Waals surface area contributed by atoms with Crippen molar-refractivity contribution in [2.75, 3.05) is 7.11 Å². The number of nitrogens with zero attached hydrogens (tertiary/aromatic N) is 4. The second-order valence-corrected chi connectivity index (χ2v) is 6.01. The molecule has 1 aliphatic rings. The fourth-order valence-electron chi connectivity index (χ4n) is 2.88. The number of amides is 1. The Morgan fingerprint density at radius 3 is 3.00 bits per heavy atom. The lowest BCUT2D eigenvalue weighted by molar-refractivity contribution is 0.0923. The SMILES string of the molecule is COc1ncccc1C(=O)N[C@@H]1CCc2nnc(C(C)C)n2C1. The third kappa shape index (κ3) is 3.04. The van der Waals surface area contributed by atoms with Crippen molar-refractivity contribution in [2.24, 2.45) is 0 Å². The Morgan fingerprint density at radius 1 is 1.43 bits per heavy atom. The Balaban J connectivity index is 1.74. The first-order valence-corrected chi connectivity index (χ1v) is 7.82. The maximum atomic E-state index is 12.5. The zero-order valence-corrected chi connectivity index (χ0v) is 13.6. The molecule has 0 spiro atoms. The van der Waals surface area contributed by atoms with Crippen molar-refractivity contribution >= 4 is 5.91 Å². The van der Waals surface area contributed by atoms with Crippen LogP contribution >= 0.6 is 0 Å². The van der Waals surface area contributed by atoms with Gasteiger partial charge in [-0.3, -0.25) is 4.79 Å². The zero-order chi connectivity index (χ0) is 16.4. The molecule has 2 aromatic rings. The summed E-state index contributed by atoms with van der Waals surface area (Å²) in [6.45, 7) is 4.89. The summed E-state index contributed by atoms with van der Waals surface area (Å²) in [5, 5.41) is 11.6. The van der Waals surface area contributed by atoms with Crippen LogP contribution in [0.3, 0.4) is 0 Å². The van der Waals surface area contributed by atoms with Crippen LogP contribution in [0.2, 0.25) is 0 Å². The van der Waals surface area contributed by atoms with Crippen molar-refractivity contribution in [3.05, 3.63) is 35.5 Å². The topological polar surface area (TPSA) is 81.9 Å². The number of carbonyl (C=O) groups excluding carboxylic acids is 1. The number of methoxy groups -OCH3 is 1. The number of rotatable bonds is 4. The summed E-state index contributed by atoms with van der Waals surface area (Å²) in [5.41, 5.74) is 0.452. The molecular formula is C16H21N5O2. The average molecular weight is 315 g/mol. The molecule has 0 saturated carbocycles. The van der Waals surface area contributed by atoms with Crippen LogP contribution in [0, 0.1) is 0 Å². The summed E-state index contributed by atoms with van der Waals surface area (Å²) in [4.78, 5) is 16.6. The Bertz CT molecular complexity index is 710. The molecule has 2 aromatic heterocycles. The van der Waals surface area contributed by atoms with Crippen molar-refractivity contribution in [1.29, 1.82) is 0 Å². The quantitative estimate of drug-likeness (QED) is 0.925. The molecular weight excluding hydrogens is 294 g/mol. The molecule has 0 bridgehead atoms. The molecule has 3 rings (SSSR count). The van der Waals surface area contributed by atoms with Gasteiger partial charge in [0.2, 0.25) is 5.88 Å². The van der Waals surface area contributed by atoms with Gasteiger partial charge in [0.05, 0.1) is 7.11 Å². The van der Waals surface area contributed by atoms with Crippen molar-refractivity contribution in [1.82, 2.24) is 25.1 Å². The molecule has 3 heterocycles. The summed E-state index contributed by atoms with van der Waals surface area (Å²) in [7, 11) is 1.51. The Kier molecular flexibility index (Phi) is 4.27. The van der Waals surface area contributed by atoms with Gasteiger partial charge in [-0.15, -0.1) is 10.2 Å². The first kappa shape index (κ1) is 15.5. The van der Waals surface area contributed by atoms with Crippen LogP contribution in [0.4, 0.5) is 0 Å². The van der Waals surface area contributed by atoms with E-state index in [9.17, 15) is 4.79 Å². The lowest BCUT2D eigenvalue weighted by Gasteiger charge is -2.26. The number of fused-ring (bicyclic) bond motifs is 1. The van der Waals surface area contributed by atoms with Crippen LogP contribution in [0.15, 0.2) is 18.3 Å². The van der Waals surface area contributed by atoms with Gasteiger partial charge in [-0.1, -0.05) is 13.8 Å². The third-order valence-electron chi connectivity index (χ3n) is 4.04. The molecule has 0 aliphatic carbocycles. The predicted molar refractivity (Wildman–Crippen MR) is 84.5 cm³/mol. The van der Waals surface area contributed by atoms with Gasteiger partial charge in [0.25, 0.3) is 5.91 Å². The Hall–Kier alpha value is -2.44. The van der Waals surface area contributed by atoms with Crippen LogP contribution in [0.5, 0.6) is 5.88 Å². The molecule has 0 aromatic carbocycles. The van der Waals surface area contributed by atoms with Crippen molar-refractivity contribution < 1.29 is 9.53 Å². The van der Waals surface area contributed by atoms with Gasteiger partial charge in [0.1, 0.15) is 17.2 Å². The summed E-state index contributed by atoms with van der Waals surface area (Å²) in [6.07, 6.45) is 3.27. The molecule has 1 amide bonds. The van der Waals surface area contributed by atoms with Gasteiger partial charge < -0.3 is 14.6 Å². The summed E-state index contributed by atoms with van der Waals surface area (Å²) in [5.74, 6) is 2.46. The molecule has 1 N–H and O–H groups in total. The van der Waals surface area contributed by atoms with E-state index in [-0.39, 0.29) is 11.9 Å². The van der Waals surface area contributed by atoms with Crippen molar-refractivity contribution in [3.8, 4) is 5.88 Å². The minimum absolute atomic E-state index is 0.0495.